The highest BCUT2D eigenvalue weighted by atomic mass is 16.2. The zero-order valence-electron chi connectivity index (χ0n) is 14.4. The summed E-state index contributed by atoms with van der Waals surface area (Å²) in [5, 5.41) is 0. The molecule has 3 aromatic rings. The van der Waals surface area contributed by atoms with Gasteiger partial charge in [0.05, 0.1) is 0 Å². The molecule has 0 aliphatic carbocycles. The van der Waals surface area contributed by atoms with Crippen LogP contribution < -0.4 is 11.2 Å². The van der Waals surface area contributed by atoms with Crippen molar-refractivity contribution in [3.05, 3.63) is 56.8 Å². The highest BCUT2D eigenvalue weighted by Crippen LogP contribution is 2.10. The van der Waals surface area contributed by atoms with Gasteiger partial charge in [-0.3, -0.25) is 18.9 Å². The van der Waals surface area contributed by atoms with Crippen molar-refractivity contribution < 1.29 is 0 Å². The Balaban J connectivity index is 2.14. The second kappa shape index (κ2) is 7.29. The lowest BCUT2D eigenvalue weighted by molar-refractivity contribution is 0.555. The second-order valence-electron chi connectivity index (χ2n) is 5.83. The standard InChI is InChI=1S/C18H21N5O2/c1-3-10-22-16-15(17(24)23(11-4-2)18(22)25)20-14(21-16)8-7-13-6-5-9-19-12-13/h5-9,12H,3-4,10-11H2,1-2H3,(H,20,21)/b8-7+. The molecule has 0 aliphatic rings. The number of H-pyrrole nitrogens is 1. The number of imidazole rings is 1. The number of aromatic amines is 1. The number of aromatic nitrogens is 5. The number of pyridine rings is 1. The summed E-state index contributed by atoms with van der Waals surface area (Å²) in [4.78, 5) is 36.8. The van der Waals surface area contributed by atoms with Gasteiger partial charge in [0.15, 0.2) is 5.65 Å². The lowest BCUT2D eigenvalue weighted by atomic mass is 10.2. The number of hydrogen-bond donors (Lipinski definition) is 1. The van der Waals surface area contributed by atoms with E-state index in [0.717, 1.165) is 12.0 Å². The summed E-state index contributed by atoms with van der Waals surface area (Å²) in [6.07, 6.45) is 8.58. The van der Waals surface area contributed by atoms with Gasteiger partial charge < -0.3 is 4.98 Å². The van der Waals surface area contributed by atoms with Gasteiger partial charge in [0.25, 0.3) is 5.56 Å². The largest absolute Gasteiger partial charge is 0.333 e. The molecule has 0 radical (unpaired) electrons. The molecule has 25 heavy (non-hydrogen) atoms. The molecule has 0 saturated carbocycles. The monoisotopic (exact) mass is 339 g/mol. The van der Waals surface area contributed by atoms with Gasteiger partial charge in [0.2, 0.25) is 0 Å². The molecule has 0 unspecified atom stereocenters. The van der Waals surface area contributed by atoms with Gasteiger partial charge >= 0.3 is 5.69 Å². The Labute approximate surface area is 144 Å². The Morgan fingerprint density at radius 1 is 1.12 bits per heavy atom. The predicted octanol–water partition coefficient (Wildman–Crippen LogP) is 2.27. The quantitative estimate of drug-likeness (QED) is 0.746. The van der Waals surface area contributed by atoms with Gasteiger partial charge in [0, 0.05) is 25.5 Å². The van der Waals surface area contributed by atoms with Gasteiger partial charge in [-0.2, -0.15) is 0 Å². The molecule has 3 heterocycles. The highest BCUT2D eigenvalue weighted by molar-refractivity contribution is 5.75. The van der Waals surface area contributed by atoms with Crippen molar-refractivity contribution in [2.75, 3.05) is 0 Å². The average Bonchev–Trinajstić information content (AvgIpc) is 3.06. The molecule has 0 amide bonds. The van der Waals surface area contributed by atoms with Crippen molar-refractivity contribution in [1.29, 1.82) is 0 Å². The van der Waals surface area contributed by atoms with Crippen LogP contribution in [0.15, 0.2) is 34.1 Å². The lowest BCUT2D eigenvalue weighted by Gasteiger charge is -2.09. The first-order chi connectivity index (χ1) is 12.2. The van der Waals surface area contributed by atoms with E-state index in [4.69, 9.17) is 0 Å². The van der Waals surface area contributed by atoms with Crippen LogP contribution in [0.25, 0.3) is 23.3 Å². The average molecular weight is 339 g/mol. The highest BCUT2D eigenvalue weighted by Gasteiger charge is 2.15. The SMILES string of the molecule is CCCn1c(=O)c2[nH]c(/C=C/c3cccnc3)nc2n(CCC)c1=O. The summed E-state index contributed by atoms with van der Waals surface area (Å²) in [6.45, 7) is 4.85. The summed E-state index contributed by atoms with van der Waals surface area (Å²) >= 11 is 0. The molecule has 0 saturated heterocycles. The molecule has 3 rings (SSSR count). The fourth-order valence-electron chi connectivity index (χ4n) is 2.76. The van der Waals surface area contributed by atoms with E-state index in [0.29, 0.717) is 36.5 Å². The molecule has 3 aromatic heterocycles. The van der Waals surface area contributed by atoms with E-state index in [1.165, 1.54) is 4.57 Å². The Kier molecular flexibility index (Phi) is 4.92. The fourth-order valence-corrected chi connectivity index (χ4v) is 2.76. The van der Waals surface area contributed by atoms with E-state index in [2.05, 4.69) is 15.0 Å². The topological polar surface area (TPSA) is 85.6 Å². The molecule has 0 atom stereocenters. The van der Waals surface area contributed by atoms with E-state index >= 15 is 0 Å². The van der Waals surface area contributed by atoms with Crippen LogP contribution >= 0.6 is 0 Å². The Bertz CT molecular complexity index is 1010. The van der Waals surface area contributed by atoms with Crippen molar-refractivity contribution in [2.45, 2.75) is 39.8 Å². The van der Waals surface area contributed by atoms with Crippen LogP contribution in [0.4, 0.5) is 0 Å². The molecular weight excluding hydrogens is 318 g/mol. The summed E-state index contributed by atoms with van der Waals surface area (Å²) < 4.78 is 2.86. The maximum atomic E-state index is 12.6. The molecule has 0 bridgehead atoms. The fraction of sp³-hybridized carbons (Fsp3) is 0.333. The van der Waals surface area contributed by atoms with Crippen LogP contribution in [0.1, 0.15) is 38.1 Å². The van der Waals surface area contributed by atoms with Gasteiger partial charge in [0.1, 0.15) is 11.3 Å². The summed E-state index contributed by atoms with van der Waals surface area (Å²) in [6, 6.07) is 3.77. The Morgan fingerprint density at radius 3 is 2.56 bits per heavy atom. The molecule has 7 nitrogen and oxygen atoms in total. The van der Waals surface area contributed by atoms with E-state index in [9.17, 15) is 9.59 Å². The van der Waals surface area contributed by atoms with Crippen molar-refractivity contribution >= 4 is 23.3 Å². The van der Waals surface area contributed by atoms with Crippen LogP contribution in [0.5, 0.6) is 0 Å². The zero-order valence-corrected chi connectivity index (χ0v) is 14.4. The van der Waals surface area contributed by atoms with E-state index in [-0.39, 0.29) is 11.2 Å². The van der Waals surface area contributed by atoms with Crippen LogP contribution in [0, 0.1) is 0 Å². The Hall–Kier alpha value is -2.96. The minimum atomic E-state index is -0.317. The number of rotatable bonds is 6. The first kappa shape index (κ1) is 16.9. The minimum Gasteiger partial charge on any atom is -0.333 e. The number of nitrogens with one attached hydrogen (secondary N) is 1. The van der Waals surface area contributed by atoms with E-state index in [1.54, 1.807) is 23.0 Å². The molecule has 130 valence electrons. The van der Waals surface area contributed by atoms with Crippen LogP contribution in [0.3, 0.4) is 0 Å². The van der Waals surface area contributed by atoms with Crippen molar-refractivity contribution in [2.24, 2.45) is 0 Å². The first-order valence-corrected chi connectivity index (χ1v) is 8.47. The number of nitrogens with zero attached hydrogens (tertiary/aromatic N) is 4. The second-order valence-corrected chi connectivity index (χ2v) is 5.83. The maximum absolute atomic E-state index is 12.6. The van der Waals surface area contributed by atoms with E-state index < -0.39 is 0 Å². The van der Waals surface area contributed by atoms with Crippen LogP contribution in [-0.4, -0.2) is 24.1 Å². The van der Waals surface area contributed by atoms with Gasteiger partial charge in [-0.15, -0.1) is 0 Å². The summed E-state index contributed by atoms with van der Waals surface area (Å²) in [7, 11) is 0. The van der Waals surface area contributed by atoms with Gasteiger partial charge in [-0.1, -0.05) is 19.9 Å². The van der Waals surface area contributed by atoms with E-state index in [1.807, 2.05) is 32.1 Å². The predicted molar refractivity (Wildman–Crippen MR) is 98.4 cm³/mol. The Morgan fingerprint density at radius 2 is 1.88 bits per heavy atom. The molecule has 0 aromatic carbocycles. The number of hydrogen-bond acceptors (Lipinski definition) is 4. The molecule has 7 heteroatoms. The molecule has 1 N–H and O–H groups in total. The summed E-state index contributed by atoms with van der Waals surface area (Å²) in [5.74, 6) is 0.537. The van der Waals surface area contributed by atoms with Crippen LogP contribution in [-0.2, 0) is 13.1 Å². The molecule has 0 aliphatic heterocycles. The van der Waals surface area contributed by atoms with Crippen LogP contribution in [0.2, 0.25) is 0 Å². The lowest BCUT2D eigenvalue weighted by Crippen LogP contribution is -2.40. The van der Waals surface area contributed by atoms with Gasteiger partial charge in [-0.05, 0) is 36.6 Å². The summed E-state index contributed by atoms with van der Waals surface area (Å²) in [5.41, 5.74) is 1.10. The van der Waals surface area contributed by atoms with Crippen molar-refractivity contribution in [3.63, 3.8) is 0 Å². The van der Waals surface area contributed by atoms with Gasteiger partial charge in [-0.25, -0.2) is 9.78 Å². The zero-order chi connectivity index (χ0) is 17.8. The molecular formula is C18H21N5O2. The smallest absolute Gasteiger partial charge is 0.332 e. The number of fused-ring (bicyclic) bond motifs is 1. The number of aryl methyl sites for hydroxylation is 1. The minimum absolute atomic E-state index is 0.296. The third kappa shape index (κ3) is 3.31. The molecule has 0 spiro atoms. The first-order valence-electron chi connectivity index (χ1n) is 8.47. The van der Waals surface area contributed by atoms with Crippen molar-refractivity contribution in [3.8, 4) is 0 Å². The molecule has 0 fully saturated rings. The third-order valence-corrected chi connectivity index (χ3v) is 3.89. The normalized spacial score (nSPS) is 11.6. The maximum Gasteiger partial charge on any atom is 0.332 e. The van der Waals surface area contributed by atoms with Crippen molar-refractivity contribution in [1.82, 2.24) is 24.1 Å². The third-order valence-electron chi connectivity index (χ3n) is 3.89.